The maximum atomic E-state index is 4.96. The van der Waals surface area contributed by atoms with Gasteiger partial charge in [0.1, 0.15) is 0 Å². The van der Waals surface area contributed by atoms with Crippen molar-refractivity contribution in [1.29, 1.82) is 0 Å². The van der Waals surface area contributed by atoms with Crippen LogP contribution in [0.2, 0.25) is 0 Å². The first-order chi connectivity index (χ1) is 24.8. The average Bonchev–Trinajstić information content (AvgIpc) is 3.21. The van der Waals surface area contributed by atoms with Gasteiger partial charge in [0.05, 0.1) is 5.52 Å². The van der Waals surface area contributed by atoms with Crippen LogP contribution < -0.4 is 0 Å². The molecular formula is C46H30N4. The number of fused-ring (bicyclic) bond motifs is 2. The van der Waals surface area contributed by atoms with Crippen molar-refractivity contribution in [2.45, 2.75) is 0 Å². The largest absolute Gasteiger partial charge is 0.256 e. The number of aromatic nitrogens is 4. The summed E-state index contributed by atoms with van der Waals surface area (Å²) >= 11 is 0. The van der Waals surface area contributed by atoms with Crippen molar-refractivity contribution in [3.8, 4) is 67.5 Å². The quantitative estimate of drug-likeness (QED) is 0.182. The first-order valence-corrected chi connectivity index (χ1v) is 16.7. The van der Waals surface area contributed by atoms with E-state index in [2.05, 4.69) is 115 Å². The highest BCUT2D eigenvalue weighted by Crippen LogP contribution is 2.35. The zero-order chi connectivity index (χ0) is 33.3. The van der Waals surface area contributed by atoms with Crippen LogP contribution in [0.5, 0.6) is 0 Å². The van der Waals surface area contributed by atoms with Gasteiger partial charge in [-0.15, -0.1) is 0 Å². The summed E-state index contributed by atoms with van der Waals surface area (Å²) in [6, 6.07) is 60.9. The Bertz CT molecular complexity index is 2570. The molecule has 0 atom stereocenters. The molecule has 0 fully saturated rings. The first kappa shape index (κ1) is 29.4. The Morgan fingerprint density at radius 3 is 1.54 bits per heavy atom. The third-order valence-corrected chi connectivity index (χ3v) is 9.18. The van der Waals surface area contributed by atoms with Crippen molar-refractivity contribution >= 4 is 21.7 Å². The van der Waals surface area contributed by atoms with Crippen LogP contribution in [0.1, 0.15) is 0 Å². The molecule has 0 saturated heterocycles. The molecule has 2 aromatic heterocycles. The number of nitrogens with zero attached hydrogens (tertiary/aromatic N) is 4. The molecule has 7 aromatic carbocycles. The first-order valence-electron chi connectivity index (χ1n) is 16.7. The van der Waals surface area contributed by atoms with Gasteiger partial charge in [-0.1, -0.05) is 158 Å². The normalized spacial score (nSPS) is 11.2. The van der Waals surface area contributed by atoms with Crippen LogP contribution in [0.3, 0.4) is 0 Å². The van der Waals surface area contributed by atoms with Crippen LogP contribution in [0.25, 0.3) is 89.2 Å². The fraction of sp³-hybridized carbons (Fsp3) is 0. The molecule has 0 unspecified atom stereocenters. The Labute approximate surface area is 290 Å². The van der Waals surface area contributed by atoms with E-state index in [1.807, 2.05) is 66.9 Å². The molecule has 234 valence electrons. The third-order valence-electron chi connectivity index (χ3n) is 9.18. The molecule has 0 aliphatic rings. The van der Waals surface area contributed by atoms with Crippen LogP contribution in [-0.4, -0.2) is 19.9 Å². The number of pyridine rings is 1. The Kier molecular flexibility index (Phi) is 7.45. The van der Waals surface area contributed by atoms with Crippen molar-refractivity contribution in [3.63, 3.8) is 0 Å². The summed E-state index contributed by atoms with van der Waals surface area (Å²) in [5.74, 6) is 1.92. The van der Waals surface area contributed by atoms with E-state index >= 15 is 0 Å². The molecule has 4 heteroatoms. The number of hydrogen-bond donors (Lipinski definition) is 0. The molecule has 0 N–H and O–H groups in total. The van der Waals surface area contributed by atoms with Crippen molar-refractivity contribution in [3.05, 3.63) is 182 Å². The van der Waals surface area contributed by atoms with E-state index < -0.39 is 0 Å². The van der Waals surface area contributed by atoms with E-state index in [0.717, 1.165) is 49.8 Å². The van der Waals surface area contributed by atoms with Crippen molar-refractivity contribution < 1.29 is 0 Å². The van der Waals surface area contributed by atoms with E-state index in [1.165, 1.54) is 21.9 Å². The predicted octanol–water partition coefficient (Wildman–Crippen LogP) is 11.6. The van der Waals surface area contributed by atoms with Gasteiger partial charge in [0, 0.05) is 33.8 Å². The van der Waals surface area contributed by atoms with Gasteiger partial charge in [0.2, 0.25) is 0 Å². The lowest BCUT2D eigenvalue weighted by Crippen LogP contribution is -2.00. The van der Waals surface area contributed by atoms with E-state index in [1.54, 1.807) is 0 Å². The smallest absolute Gasteiger partial charge is 0.164 e. The van der Waals surface area contributed by atoms with Crippen molar-refractivity contribution in [2.75, 3.05) is 0 Å². The van der Waals surface area contributed by atoms with Gasteiger partial charge in [0.15, 0.2) is 17.5 Å². The summed E-state index contributed by atoms with van der Waals surface area (Å²) in [7, 11) is 0. The van der Waals surface area contributed by atoms with Gasteiger partial charge >= 0.3 is 0 Å². The number of hydrogen-bond acceptors (Lipinski definition) is 4. The van der Waals surface area contributed by atoms with Crippen molar-refractivity contribution in [1.82, 2.24) is 19.9 Å². The van der Waals surface area contributed by atoms with Crippen LogP contribution in [0.4, 0.5) is 0 Å². The van der Waals surface area contributed by atoms with Crippen molar-refractivity contribution in [2.24, 2.45) is 0 Å². The van der Waals surface area contributed by atoms with Crippen LogP contribution >= 0.6 is 0 Å². The lowest BCUT2D eigenvalue weighted by Gasteiger charge is -2.12. The second kappa shape index (κ2) is 12.7. The lowest BCUT2D eigenvalue weighted by atomic mass is 9.95. The maximum absolute atomic E-state index is 4.96. The molecule has 0 saturated carbocycles. The number of benzene rings is 7. The van der Waals surface area contributed by atoms with E-state index in [9.17, 15) is 0 Å². The molecule has 0 amide bonds. The summed E-state index contributed by atoms with van der Waals surface area (Å²) in [5, 5.41) is 3.59. The molecule has 0 bridgehead atoms. The summed E-state index contributed by atoms with van der Waals surface area (Å²) in [6.45, 7) is 0. The zero-order valence-corrected chi connectivity index (χ0v) is 27.1. The van der Waals surface area contributed by atoms with Crippen LogP contribution in [0, 0.1) is 0 Å². The van der Waals surface area contributed by atoms with Crippen LogP contribution in [0.15, 0.2) is 182 Å². The van der Waals surface area contributed by atoms with Gasteiger partial charge < -0.3 is 0 Å². The minimum absolute atomic E-state index is 0.630. The number of rotatable bonds is 6. The van der Waals surface area contributed by atoms with E-state index in [0.29, 0.717) is 17.5 Å². The molecule has 9 rings (SSSR count). The standard InChI is InChI=1S/C46H30N4/c1-3-13-34(14-4-1)44-48-45(35-15-5-2-6-16-35)50-46(49-44)37-19-9-18-36(28-37)41-22-11-23-43-42(41)29-38(30-47-43)31-24-26-33(27-25-31)40-21-10-17-32-12-7-8-20-39(32)40/h1-30H. The molecule has 0 aliphatic carbocycles. The van der Waals surface area contributed by atoms with Gasteiger partial charge in [-0.2, -0.15) is 0 Å². The summed E-state index contributed by atoms with van der Waals surface area (Å²) < 4.78 is 0. The molecule has 50 heavy (non-hydrogen) atoms. The summed E-state index contributed by atoms with van der Waals surface area (Å²) in [4.78, 5) is 19.7. The molecule has 2 heterocycles. The monoisotopic (exact) mass is 638 g/mol. The second-order valence-corrected chi connectivity index (χ2v) is 12.3. The van der Waals surface area contributed by atoms with E-state index in [4.69, 9.17) is 19.9 Å². The maximum Gasteiger partial charge on any atom is 0.164 e. The Hall–Kier alpha value is -6.78. The zero-order valence-electron chi connectivity index (χ0n) is 27.1. The highest BCUT2D eigenvalue weighted by Gasteiger charge is 2.14. The Morgan fingerprint density at radius 2 is 0.820 bits per heavy atom. The highest BCUT2D eigenvalue weighted by molar-refractivity contribution is 5.98. The van der Waals surface area contributed by atoms with Gasteiger partial charge in [-0.3, -0.25) is 4.98 Å². The van der Waals surface area contributed by atoms with Gasteiger partial charge in [0.25, 0.3) is 0 Å². The molecule has 0 radical (unpaired) electrons. The van der Waals surface area contributed by atoms with Gasteiger partial charge in [-0.05, 0) is 56.8 Å². The Balaban J connectivity index is 1.10. The molecule has 9 aromatic rings. The lowest BCUT2D eigenvalue weighted by molar-refractivity contribution is 1.07. The highest BCUT2D eigenvalue weighted by atomic mass is 15.0. The van der Waals surface area contributed by atoms with Gasteiger partial charge in [-0.25, -0.2) is 15.0 Å². The Morgan fingerprint density at radius 1 is 0.300 bits per heavy atom. The van der Waals surface area contributed by atoms with Crippen LogP contribution in [-0.2, 0) is 0 Å². The van der Waals surface area contributed by atoms with E-state index in [-0.39, 0.29) is 0 Å². The molecule has 0 spiro atoms. The fourth-order valence-electron chi connectivity index (χ4n) is 6.64. The SMILES string of the molecule is c1ccc(-c2nc(-c3ccccc3)nc(-c3cccc(-c4cccc5ncc(-c6ccc(-c7cccc8ccccc78)cc6)cc45)c3)n2)cc1. The molecule has 0 aliphatic heterocycles. The fourth-order valence-corrected chi connectivity index (χ4v) is 6.64. The molecule has 4 nitrogen and oxygen atoms in total. The second-order valence-electron chi connectivity index (χ2n) is 12.3. The summed E-state index contributed by atoms with van der Waals surface area (Å²) in [6.07, 6.45) is 1.97. The topological polar surface area (TPSA) is 51.6 Å². The molecular weight excluding hydrogens is 609 g/mol. The summed E-state index contributed by atoms with van der Waals surface area (Å²) in [5.41, 5.74) is 10.6. The minimum Gasteiger partial charge on any atom is -0.256 e. The average molecular weight is 639 g/mol. The third kappa shape index (κ3) is 5.59. The minimum atomic E-state index is 0.630. The predicted molar refractivity (Wildman–Crippen MR) is 205 cm³/mol.